The number of benzene rings is 1. The maximum Gasteiger partial charge on any atom is 0.0420 e. The van der Waals surface area contributed by atoms with Gasteiger partial charge in [0.15, 0.2) is 0 Å². The maximum atomic E-state index is 5.98. The van der Waals surface area contributed by atoms with Gasteiger partial charge >= 0.3 is 0 Å². The first-order chi connectivity index (χ1) is 6.16. The summed E-state index contributed by atoms with van der Waals surface area (Å²) < 4.78 is 1.12. The van der Waals surface area contributed by atoms with Crippen LogP contribution < -0.4 is 5.32 Å². The second-order valence-electron chi connectivity index (χ2n) is 3.51. The van der Waals surface area contributed by atoms with Crippen molar-refractivity contribution in [2.75, 3.05) is 0 Å². The van der Waals surface area contributed by atoms with Gasteiger partial charge in [0.2, 0.25) is 0 Å². The van der Waals surface area contributed by atoms with Gasteiger partial charge in [-0.2, -0.15) is 0 Å². The van der Waals surface area contributed by atoms with Crippen LogP contribution in [0.5, 0.6) is 0 Å². The summed E-state index contributed by atoms with van der Waals surface area (Å²) in [6.07, 6.45) is 1.06. The molecule has 0 bridgehead atoms. The Morgan fingerprint density at radius 3 is 3.08 bits per heavy atom. The van der Waals surface area contributed by atoms with Crippen LogP contribution in [0, 0.1) is 0 Å². The minimum absolute atomic E-state index is 0.554. The van der Waals surface area contributed by atoms with Crippen molar-refractivity contribution in [1.29, 1.82) is 0 Å². The van der Waals surface area contributed by atoms with Gasteiger partial charge < -0.3 is 5.32 Å². The summed E-state index contributed by atoms with van der Waals surface area (Å²) in [6.45, 7) is 3.13. The molecule has 0 spiro atoms. The Labute approximate surface area is 91.6 Å². The van der Waals surface area contributed by atoms with Crippen molar-refractivity contribution in [3.8, 4) is 0 Å². The minimum Gasteiger partial charge on any atom is -0.310 e. The van der Waals surface area contributed by atoms with Gasteiger partial charge in [-0.1, -0.05) is 27.5 Å². The second kappa shape index (κ2) is 3.60. The summed E-state index contributed by atoms with van der Waals surface area (Å²) >= 11 is 9.51. The molecule has 0 saturated heterocycles. The van der Waals surface area contributed by atoms with Crippen LogP contribution >= 0.6 is 27.5 Å². The molecule has 1 atom stereocenters. The molecule has 1 aromatic rings. The van der Waals surface area contributed by atoms with E-state index in [1.807, 2.05) is 6.07 Å². The molecule has 1 aliphatic heterocycles. The lowest BCUT2D eigenvalue weighted by Gasteiger charge is -2.24. The monoisotopic (exact) mass is 259 g/mol. The zero-order chi connectivity index (χ0) is 9.42. The van der Waals surface area contributed by atoms with Crippen LogP contribution in [0.25, 0.3) is 0 Å². The van der Waals surface area contributed by atoms with Crippen LogP contribution in [0.4, 0.5) is 0 Å². The van der Waals surface area contributed by atoms with E-state index in [9.17, 15) is 0 Å². The average molecular weight is 261 g/mol. The first-order valence-corrected chi connectivity index (χ1v) is 5.54. The summed E-state index contributed by atoms with van der Waals surface area (Å²) in [5.74, 6) is 0. The first kappa shape index (κ1) is 9.50. The van der Waals surface area contributed by atoms with E-state index in [0.29, 0.717) is 6.04 Å². The van der Waals surface area contributed by atoms with Crippen molar-refractivity contribution in [1.82, 2.24) is 5.32 Å². The minimum atomic E-state index is 0.554. The highest BCUT2D eigenvalue weighted by atomic mass is 79.9. The fraction of sp³-hybridized carbons (Fsp3) is 0.400. The van der Waals surface area contributed by atoms with E-state index in [1.165, 1.54) is 11.1 Å². The molecule has 1 nitrogen and oxygen atoms in total. The SMILES string of the molecule is CC1Cc2cc(Cl)cc(Br)c2CN1. The summed E-state index contributed by atoms with van der Waals surface area (Å²) in [5, 5.41) is 4.24. The fourth-order valence-electron chi connectivity index (χ4n) is 1.72. The van der Waals surface area contributed by atoms with E-state index in [2.05, 4.69) is 34.2 Å². The quantitative estimate of drug-likeness (QED) is 0.756. The van der Waals surface area contributed by atoms with Crippen LogP contribution in [0.2, 0.25) is 5.02 Å². The molecule has 0 aliphatic carbocycles. The summed E-state index contributed by atoms with van der Waals surface area (Å²) in [5.41, 5.74) is 2.72. The number of hydrogen-bond acceptors (Lipinski definition) is 1. The van der Waals surface area contributed by atoms with E-state index >= 15 is 0 Å². The molecule has 1 unspecified atom stereocenters. The highest BCUT2D eigenvalue weighted by molar-refractivity contribution is 9.10. The van der Waals surface area contributed by atoms with Gasteiger partial charge in [0, 0.05) is 22.1 Å². The lowest BCUT2D eigenvalue weighted by molar-refractivity contribution is 0.512. The van der Waals surface area contributed by atoms with Gasteiger partial charge in [-0.25, -0.2) is 0 Å². The van der Waals surface area contributed by atoms with Crippen LogP contribution in [0.1, 0.15) is 18.1 Å². The molecule has 70 valence electrons. The van der Waals surface area contributed by atoms with E-state index < -0.39 is 0 Å². The molecule has 0 fully saturated rings. The van der Waals surface area contributed by atoms with Crippen LogP contribution in [0.3, 0.4) is 0 Å². The summed E-state index contributed by atoms with van der Waals surface area (Å²) in [7, 11) is 0. The maximum absolute atomic E-state index is 5.98. The number of halogens is 2. The molecule has 1 aromatic carbocycles. The second-order valence-corrected chi connectivity index (χ2v) is 4.80. The number of rotatable bonds is 0. The molecule has 1 N–H and O–H groups in total. The van der Waals surface area contributed by atoms with Crippen molar-refractivity contribution in [2.45, 2.75) is 25.9 Å². The highest BCUT2D eigenvalue weighted by Gasteiger charge is 2.16. The van der Waals surface area contributed by atoms with Gasteiger partial charge in [-0.3, -0.25) is 0 Å². The van der Waals surface area contributed by atoms with Crippen molar-refractivity contribution in [3.63, 3.8) is 0 Å². The average Bonchev–Trinajstić information content (AvgIpc) is 2.02. The van der Waals surface area contributed by atoms with Gasteiger partial charge in [0.05, 0.1) is 0 Å². The van der Waals surface area contributed by atoms with Gasteiger partial charge in [0.1, 0.15) is 0 Å². The Morgan fingerprint density at radius 2 is 2.31 bits per heavy atom. The van der Waals surface area contributed by atoms with Crippen molar-refractivity contribution >= 4 is 27.5 Å². The zero-order valence-electron chi connectivity index (χ0n) is 7.40. The Balaban J connectivity index is 2.47. The first-order valence-electron chi connectivity index (χ1n) is 4.37. The molecule has 13 heavy (non-hydrogen) atoms. The van der Waals surface area contributed by atoms with Gasteiger partial charge in [0.25, 0.3) is 0 Å². The van der Waals surface area contributed by atoms with E-state index in [4.69, 9.17) is 11.6 Å². The van der Waals surface area contributed by atoms with Crippen molar-refractivity contribution < 1.29 is 0 Å². The van der Waals surface area contributed by atoms with E-state index in [0.717, 1.165) is 22.5 Å². The topological polar surface area (TPSA) is 12.0 Å². The van der Waals surface area contributed by atoms with Gasteiger partial charge in [-0.15, -0.1) is 0 Å². The molecule has 1 aliphatic rings. The molecule has 0 amide bonds. The zero-order valence-corrected chi connectivity index (χ0v) is 9.74. The predicted molar refractivity (Wildman–Crippen MR) is 59.2 cm³/mol. The standard InChI is InChI=1S/C10H11BrClN/c1-6-2-7-3-8(12)4-10(11)9(7)5-13-6/h3-4,6,13H,2,5H2,1H3. The molecule has 1 heterocycles. The summed E-state index contributed by atoms with van der Waals surface area (Å²) in [6, 6.07) is 4.58. The highest BCUT2D eigenvalue weighted by Crippen LogP contribution is 2.28. The molecular formula is C10H11BrClN. The molecule has 0 radical (unpaired) electrons. The van der Waals surface area contributed by atoms with Crippen molar-refractivity contribution in [3.05, 3.63) is 32.8 Å². The van der Waals surface area contributed by atoms with Crippen LogP contribution in [-0.4, -0.2) is 6.04 Å². The van der Waals surface area contributed by atoms with E-state index in [-0.39, 0.29) is 0 Å². The number of nitrogens with one attached hydrogen (secondary N) is 1. The van der Waals surface area contributed by atoms with Crippen LogP contribution in [0.15, 0.2) is 16.6 Å². The smallest absolute Gasteiger partial charge is 0.0420 e. The third-order valence-electron chi connectivity index (χ3n) is 2.41. The molecular weight excluding hydrogens is 249 g/mol. The third-order valence-corrected chi connectivity index (χ3v) is 3.33. The molecule has 3 heteroatoms. The third kappa shape index (κ3) is 1.90. The summed E-state index contributed by atoms with van der Waals surface area (Å²) in [4.78, 5) is 0. The van der Waals surface area contributed by atoms with Crippen LogP contribution in [-0.2, 0) is 13.0 Å². The van der Waals surface area contributed by atoms with Gasteiger partial charge in [-0.05, 0) is 36.6 Å². The predicted octanol–water partition coefficient (Wildman–Crippen LogP) is 3.14. The largest absolute Gasteiger partial charge is 0.310 e. The Morgan fingerprint density at radius 1 is 1.54 bits per heavy atom. The fourth-order valence-corrected chi connectivity index (χ4v) is 2.73. The lowest BCUT2D eigenvalue weighted by atomic mass is 9.97. The van der Waals surface area contributed by atoms with E-state index in [1.54, 1.807) is 0 Å². The normalized spacial score (nSPS) is 21.3. The van der Waals surface area contributed by atoms with Crippen molar-refractivity contribution in [2.24, 2.45) is 0 Å². The number of hydrogen-bond donors (Lipinski definition) is 1. The number of fused-ring (bicyclic) bond motifs is 1. The molecule has 0 aromatic heterocycles. The molecule has 0 saturated carbocycles. The molecule has 2 rings (SSSR count). The Kier molecular flexibility index (Phi) is 2.63. The lowest BCUT2D eigenvalue weighted by Crippen LogP contribution is -2.33. The Hall–Kier alpha value is -0.0500. The Bertz CT molecular complexity index is 338.